The average Bonchev–Trinajstić information content (AvgIpc) is 3.01. The van der Waals surface area contributed by atoms with Crippen molar-refractivity contribution in [3.8, 4) is 0 Å². The molecule has 2 heterocycles. The monoisotopic (exact) mass is 327 g/mol. The van der Waals surface area contributed by atoms with E-state index in [0.717, 1.165) is 5.39 Å². The van der Waals surface area contributed by atoms with E-state index in [2.05, 4.69) is 16.2 Å². The molecule has 1 aromatic heterocycles. The van der Waals surface area contributed by atoms with Crippen molar-refractivity contribution in [2.24, 2.45) is 5.92 Å². The first-order chi connectivity index (χ1) is 10.8. The van der Waals surface area contributed by atoms with Gasteiger partial charge in [0.2, 0.25) is 0 Å². The molecule has 1 amide bonds. The maximum atomic E-state index is 12.8. The molecule has 2 aromatic rings. The smallest absolute Gasteiger partial charge is 0.405 e. The van der Waals surface area contributed by atoms with Crippen molar-refractivity contribution >= 4 is 16.9 Å². The molecule has 5 nitrogen and oxygen atoms in total. The van der Waals surface area contributed by atoms with Crippen LogP contribution in [0.1, 0.15) is 23.0 Å². The summed E-state index contributed by atoms with van der Waals surface area (Å²) in [6.07, 6.45) is -5.23. The van der Waals surface area contributed by atoms with Crippen LogP contribution in [0.25, 0.3) is 11.0 Å². The summed E-state index contributed by atoms with van der Waals surface area (Å²) >= 11 is 0. The number of amides is 1. The van der Waals surface area contributed by atoms with Gasteiger partial charge in [-0.15, -0.1) is 0 Å². The van der Waals surface area contributed by atoms with E-state index in [9.17, 15) is 18.0 Å². The molecule has 1 aliphatic heterocycles. The highest BCUT2D eigenvalue weighted by Crippen LogP contribution is 2.30. The summed E-state index contributed by atoms with van der Waals surface area (Å²) in [6, 6.07) is 5.44. The van der Waals surface area contributed by atoms with Crippen molar-refractivity contribution in [1.29, 1.82) is 0 Å². The van der Waals surface area contributed by atoms with Crippen LogP contribution in [0.3, 0.4) is 0 Å². The second kappa shape index (κ2) is 5.54. The Bertz CT molecular complexity index is 741. The number of para-hydroxylation sites is 1. The number of hydrazine groups is 1. The Hall–Kier alpha value is -2.06. The predicted molar refractivity (Wildman–Crippen MR) is 77.5 cm³/mol. The number of carbonyl (C=O) groups is 1. The van der Waals surface area contributed by atoms with Gasteiger partial charge in [-0.3, -0.25) is 4.79 Å². The maximum absolute atomic E-state index is 12.8. The number of rotatable bonds is 2. The number of fused-ring (bicyclic) bond motifs is 1. The SMILES string of the molecule is Cc1c(C(=O)NC2NNC(C(F)(F)F)C2C)oc2ccccc12. The van der Waals surface area contributed by atoms with Gasteiger partial charge >= 0.3 is 6.18 Å². The van der Waals surface area contributed by atoms with E-state index < -0.39 is 30.2 Å². The van der Waals surface area contributed by atoms with Gasteiger partial charge in [0, 0.05) is 16.9 Å². The maximum Gasteiger partial charge on any atom is 0.405 e. The van der Waals surface area contributed by atoms with Crippen molar-refractivity contribution in [3.05, 3.63) is 35.6 Å². The molecule has 0 spiro atoms. The molecule has 1 saturated heterocycles. The summed E-state index contributed by atoms with van der Waals surface area (Å²) in [7, 11) is 0. The normalized spacial score (nSPS) is 25.0. The van der Waals surface area contributed by atoms with E-state index in [1.165, 1.54) is 6.92 Å². The summed E-state index contributed by atoms with van der Waals surface area (Å²) in [5.41, 5.74) is 5.87. The molecule has 23 heavy (non-hydrogen) atoms. The van der Waals surface area contributed by atoms with Crippen molar-refractivity contribution < 1.29 is 22.4 Å². The molecule has 3 atom stereocenters. The molecule has 1 fully saturated rings. The molecule has 0 bridgehead atoms. The fraction of sp³-hybridized carbons (Fsp3) is 0.400. The van der Waals surface area contributed by atoms with Gasteiger partial charge in [0.15, 0.2) is 5.76 Å². The average molecular weight is 327 g/mol. The van der Waals surface area contributed by atoms with Crippen molar-refractivity contribution in [3.63, 3.8) is 0 Å². The standard InChI is InChI=1S/C15H16F3N3O2/c1-7-9-5-3-4-6-10(9)23-11(7)14(22)19-13-8(2)12(20-21-13)15(16,17)18/h3-6,8,12-13,20-21H,1-2H3,(H,19,22). The van der Waals surface area contributed by atoms with Crippen LogP contribution >= 0.6 is 0 Å². The third-order valence-corrected chi connectivity index (χ3v) is 4.14. The van der Waals surface area contributed by atoms with Crippen LogP contribution in [0.4, 0.5) is 13.2 Å². The summed E-state index contributed by atoms with van der Waals surface area (Å²) in [6.45, 7) is 3.16. The van der Waals surface area contributed by atoms with E-state index in [1.54, 1.807) is 19.1 Å². The number of hydrogen-bond donors (Lipinski definition) is 3. The van der Waals surface area contributed by atoms with Crippen LogP contribution < -0.4 is 16.2 Å². The quantitative estimate of drug-likeness (QED) is 0.793. The number of benzene rings is 1. The molecule has 3 unspecified atom stereocenters. The van der Waals surface area contributed by atoms with Crippen LogP contribution in [0.2, 0.25) is 0 Å². The number of furan rings is 1. The molecule has 3 rings (SSSR count). The number of hydrogen-bond acceptors (Lipinski definition) is 4. The number of nitrogens with one attached hydrogen (secondary N) is 3. The number of aryl methyl sites for hydroxylation is 1. The number of halogens is 3. The van der Waals surface area contributed by atoms with E-state index in [0.29, 0.717) is 11.1 Å². The van der Waals surface area contributed by atoms with Gasteiger partial charge in [-0.05, 0) is 13.0 Å². The van der Waals surface area contributed by atoms with E-state index in [-0.39, 0.29) is 5.76 Å². The fourth-order valence-corrected chi connectivity index (χ4v) is 2.78. The van der Waals surface area contributed by atoms with Gasteiger partial charge in [-0.1, -0.05) is 25.1 Å². The molecule has 0 saturated carbocycles. The zero-order valence-electron chi connectivity index (χ0n) is 12.5. The first kappa shape index (κ1) is 15.8. The largest absolute Gasteiger partial charge is 0.451 e. The Morgan fingerprint density at radius 1 is 1.26 bits per heavy atom. The Balaban J connectivity index is 1.78. The minimum absolute atomic E-state index is 0.107. The lowest BCUT2D eigenvalue weighted by molar-refractivity contribution is -0.160. The zero-order chi connectivity index (χ0) is 16.8. The third kappa shape index (κ3) is 2.79. The lowest BCUT2D eigenvalue weighted by Crippen LogP contribution is -2.46. The summed E-state index contributed by atoms with van der Waals surface area (Å²) < 4.78 is 44.0. The molecule has 0 radical (unpaired) electrons. The van der Waals surface area contributed by atoms with E-state index >= 15 is 0 Å². The van der Waals surface area contributed by atoms with Gasteiger partial charge in [0.05, 0.1) is 6.17 Å². The lowest BCUT2D eigenvalue weighted by Gasteiger charge is -2.21. The number of carbonyl (C=O) groups excluding carboxylic acids is 1. The van der Waals surface area contributed by atoms with Crippen molar-refractivity contribution in [2.45, 2.75) is 32.2 Å². The van der Waals surface area contributed by atoms with Gasteiger partial charge in [0.25, 0.3) is 5.91 Å². The summed E-state index contributed by atoms with van der Waals surface area (Å²) in [5, 5.41) is 3.34. The number of alkyl halides is 3. The summed E-state index contributed by atoms with van der Waals surface area (Å²) in [4.78, 5) is 12.3. The van der Waals surface area contributed by atoms with Crippen LogP contribution in [0.15, 0.2) is 28.7 Å². The zero-order valence-corrected chi connectivity index (χ0v) is 12.5. The topological polar surface area (TPSA) is 66.3 Å². The molecular formula is C15H16F3N3O2. The van der Waals surface area contributed by atoms with Crippen LogP contribution in [-0.2, 0) is 0 Å². The fourth-order valence-electron chi connectivity index (χ4n) is 2.78. The molecule has 1 aliphatic rings. The molecule has 0 aliphatic carbocycles. The second-order valence-corrected chi connectivity index (χ2v) is 5.67. The molecular weight excluding hydrogens is 311 g/mol. The van der Waals surface area contributed by atoms with E-state index in [4.69, 9.17) is 4.42 Å². The Kier molecular flexibility index (Phi) is 3.81. The lowest BCUT2D eigenvalue weighted by atomic mass is 10.0. The van der Waals surface area contributed by atoms with Gasteiger partial charge in [-0.2, -0.15) is 13.2 Å². The summed E-state index contributed by atoms with van der Waals surface area (Å²) in [5.74, 6) is -1.30. The molecule has 8 heteroatoms. The van der Waals surface area contributed by atoms with Gasteiger partial charge in [0.1, 0.15) is 11.6 Å². The first-order valence-electron chi connectivity index (χ1n) is 7.16. The van der Waals surface area contributed by atoms with Crippen molar-refractivity contribution in [2.75, 3.05) is 0 Å². The minimum Gasteiger partial charge on any atom is -0.451 e. The Labute approximate surface area is 130 Å². The van der Waals surface area contributed by atoms with Gasteiger partial charge < -0.3 is 9.73 Å². The van der Waals surface area contributed by atoms with Crippen LogP contribution in [0, 0.1) is 12.8 Å². The molecule has 1 aromatic carbocycles. The van der Waals surface area contributed by atoms with Crippen molar-refractivity contribution in [1.82, 2.24) is 16.2 Å². The van der Waals surface area contributed by atoms with Crippen LogP contribution in [-0.4, -0.2) is 24.3 Å². The molecule has 124 valence electrons. The highest BCUT2D eigenvalue weighted by atomic mass is 19.4. The van der Waals surface area contributed by atoms with E-state index in [1.807, 2.05) is 12.1 Å². The molecule has 3 N–H and O–H groups in total. The van der Waals surface area contributed by atoms with Gasteiger partial charge in [-0.25, -0.2) is 10.9 Å². The first-order valence-corrected chi connectivity index (χ1v) is 7.16. The van der Waals surface area contributed by atoms with Crippen LogP contribution in [0.5, 0.6) is 0 Å². The minimum atomic E-state index is -4.39. The highest BCUT2D eigenvalue weighted by molar-refractivity contribution is 5.99. The second-order valence-electron chi connectivity index (χ2n) is 5.67. The predicted octanol–water partition coefficient (Wildman–Crippen LogP) is 2.47. The highest BCUT2D eigenvalue weighted by Gasteiger charge is 2.49. The Morgan fingerprint density at radius 2 is 1.96 bits per heavy atom. The third-order valence-electron chi connectivity index (χ3n) is 4.14. The Morgan fingerprint density at radius 3 is 2.57 bits per heavy atom.